The van der Waals surface area contributed by atoms with Gasteiger partial charge in [0.1, 0.15) is 12.1 Å². The largest absolute Gasteiger partial charge is 0.325 e. The van der Waals surface area contributed by atoms with Crippen molar-refractivity contribution < 1.29 is 19.2 Å². The Morgan fingerprint density at radius 1 is 1.20 bits per heavy atom. The van der Waals surface area contributed by atoms with E-state index in [0.717, 1.165) is 36.3 Å². The van der Waals surface area contributed by atoms with E-state index in [1.807, 2.05) is 6.07 Å². The second-order valence-electron chi connectivity index (χ2n) is 8.69. The van der Waals surface area contributed by atoms with Crippen molar-refractivity contribution in [2.45, 2.75) is 57.4 Å². The maximum absolute atomic E-state index is 12.9. The maximum atomic E-state index is 12.9. The summed E-state index contributed by atoms with van der Waals surface area (Å²) in [5.41, 5.74) is 0.421. The first kappa shape index (κ1) is 20.4. The normalized spacial score (nSPS) is 26.8. The molecule has 0 aromatic heterocycles. The third-order valence-electron chi connectivity index (χ3n) is 6.44. The molecular weight excluding hydrogens is 384 g/mol. The molecule has 3 fully saturated rings. The molecule has 0 unspecified atom stereocenters. The lowest BCUT2D eigenvalue weighted by Gasteiger charge is -2.33. The summed E-state index contributed by atoms with van der Waals surface area (Å²) in [4.78, 5) is 52.8. The molecule has 1 aromatic carbocycles. The molecule has 2 heterocycles. The number of carbonyl (C=O) groups is 4. The number of hydrogen-bond acceptors (Lipinski definition) is 4. The number of nitrogens with one attached hydrogen (secondary N) is 2. The quantitative estimate of drug-likeness (QED) is 0.743. The minimum atomic E-state index is -0.849. The highest BCUT2D eigenvalue weighted by Gasteiger charge is 2.52. The SMILES string of the molecule is CC1CCC2(CC1)NC(=O)N(CC(=O)Nc1cccc(N3CCCCC3=O)c1)C2=O. The summed E-state index contributed by atoms with van der Waals surface area (Å²) in [5, 5.41) is 5.58. The number of piperidine rings is 1. The molecule has 0 atom stereocenters. The van der Waals surface area contributed by atoms with E-state index in [-0.39, 0.29) is 18.4 Å². The Hall–Kier alpha value is -2.90. The maximum Gasteiger partial charge on any atom is 0.325 e. The summed E-state index contributed by atoms with van der Waals surface area (Å²) in [6, 6.07) is 6.59. The van der Waals surface area contributed by atoms with Crippen LogP contribution in [0.4, 0.5) is 16.2 Å². The van der Waals surface area contributed by atoms with E-state index in [2.05, 4.69) is 17.6 Å². The zero-order chi connectivity index (χ0) is 21.3. The van der Waals surface area contributed by atoms with Gasteiger partial charge < -0.3 is 15.5 Å². The second-order valence-corrected chi connectivity index (χ2v) is 8.69. The fourth-order valence-electron chi connectivity index (χ4n) is 4.59. The van der Waals surface area contributed by atoms with Gasteiger partial charge in [-0.05, 0) is 62.6 Å². The van der Waals surface area contributed by atoms with Gasteiger partial charge in [-0.2, -0.15) is 0 Å². The molecule has 0 radical (unpaired) electrons. The third kappa shape index (κ3) is 3.91. The third-order valence-corrected chi connectivity index (χ3v) is 6.44. The number of urea groups is 1. The highest BCUT2D eigenvalue weighted by atomic mass is 16.2. The first-order chi connectivity index (χ1) is 14.4. The summed E-state index contributed by atoms with van der Waals surface area (Å²) in [5.74, 6) is -0.128. The van der Waals surface area contributed by atoms with Crippen molar-refractivity contribution in [3.05, 3.63) is 24.3 Å². The standard InChI is InChI=1S/C22H28N4O4/c1-15-8-10-22(11-9-15)20(29)26(21(30)24-22)14-18(27)23-16-5-4-6-17(13-16)25-12-3-2-7-19(25)28/h4-6,13,15H,2-3,7-12,14H2,1H3,(H,23,27)(H,24,30). The van der Waals surface area contributed by atoms with Crippen LogP contribution in [0.15, 0.2) is 24.3 Å². The van der Waals surface area contributed by atoms with E-state index in [1.54, 1.807) is 23.1 Å². The first-order valence-electron chi connectivity index (χ1n) is 10.7. The number of amides is 5. The molecule has 1 aliphatic carbocycles. The molecule has 4 rings (SSSR count). The number of benzene rings is 1. The first-order valence-corrected chi connectivity index (χ1v) is 10.7. The second kappa shape index (κ2) is 8.08. The van der Waals surface area contributed by atoms with Crippen LogP contribution < -0.4 is 15.5 Å². The Balaban J connectivity index is 1.40. The molecule has 30 heavy (non-hydrogen) atoms. The van der Waals surface area contributed by atoms with Crippen molar-refractivity contribution in [2.24, 2.45) is 5.92 Å². The molecule has 8 heteroatoms. The molecule has 1 aromatic rings. The van der Waals surface area contributed by atoms with E-state index in [0.29, 0.717) is 37.4 Å². The van der Waals surface area contributed by atoms with E-state index >= 15 is 0 Å². The van der Waals surface area contributed by atoms with Gasteiger partial charge in [-0.1, -0.05) is 13.0 Å². The predicted octanol–water partition coefficient (Wildman–Crippen LogP) is 2.64. The molecule has 3 aliphatic rings. The number of nitrogens with zero attached hydrogens (tertiary/aromatic N) is 2. The van der Waals surface area contributed by atoms with E-state index < -0.39 is 17.5 Å². The average molecular weight is 412 g/mol. The number of rotatable bonds is 4. The monoisotopic (exact) mass is 412 g/mol. The van der Waals surface area contributed by atoms with Gasteiger partial charge in [0, 0.05) is 24.3 Å². The summed E-state index contributed by atoms with van der Waals surface area (Å²) in [7, 11) is 0. The lowest BCUT2D eigenvalue weighted by molar-refractivity contribution is -0.135. The number of imide groups is 1. The molecule has 2 aliphatic heterocycles. The van der Waals surface area contributed by atoms with Crippen molar-refractivity contribution in [3.8, 4) is 0 Å². The summed E-state index contributed by atoms with van der Waals surface area (Å²) in [6.45, 7) is 2.49. The summed E-state index contributed by atoms with van der Waals surface area (Å²) in [6.07, 6.45) is 5.38. The Labute approximate surface area is 176 Å². The zero-order valence-corrected chi connectivity index (χ0v) is 17.3. The van der Waals surface area contributed by atoms with Crippen molar-refractivity contribution in [3.63, 3.8) is 0 Å². The molecule has 8 nitrogen and oxygen atoms in total. The highest BCUT2D eigenvalue weighted by molar-refractivity contribution is 6.10. The van der Waals surface area contributed by atoms with Gasteiger partial charge in [-0.25, -0.2) is 4.79 Å². The van der Waals surface area contributed by atoms with Gasteiger partial charge in [-0.3, -0.25) is 19.3 Å². The van der Waals surface area contributed by atoms with Gasteiger partial charge in [-0.15, -0.1) is 0 Å². The lowest BCUT2D eigenvalue weighted by atomic mass is 9.77. The average Bonchev–Trinajstić information content (AvgIpc) is 2.95. The van der Waals surface area contributed by atoms with Crippen LogP contribution in [0.25, 0.3) is 0 Å². The van der Waals surface area contributed by atoms with Crippen LogP contribution in [0.3, 0.4) is 0 Å². The van der Waals surface area contributed by atoms with Crippen LogP contribution in [-0.4, -0.2) is 47.3 Å². The Bertz CT molecular complexity index is 876. The van der Waals surface area contributed by atoms with Crippen molar-refractivity contribution in [2.75, 3.05) is 23.3 Å². The van der Waals surface area contributed by atoms with Gasteiger partial charge in [0.05, 0.1) is 0 Å². The van der Waals surface area contributed by atoms with Crippen LogP contribution in [0, 0.1) is 5.92 Å². The molecule has 0 bridgehead atoms. The van der Waals surface area contributed by atoms with Crippen molar-refractivity contribution >= 4 is 35.1 Å². The fourth-order valence-corrected chi connectivity index (χ4v) is 4.59. The highest BCUT2D eigenvalue weighted by Crippen LogP contribution is 2.36. The van der Waals surface area contributed by atoms with Gasteiger partial charge in [0.15, 0.2) is 0 Å². The predicted molar refractivity (Wildman–Crippen MR) is 112 cm³/mol. The Kier molecular flexibility index (Phi) is 5.49. The smallest absolute Gasteiger partial charge is 0.324 e. The van der Waals surface area contributed by atoms with Crippen LogP contribution in [0.1, 0.15) is 51.9 Å². The Morgan fingerprint density at radius 2 is 1.97 bits per heavy atom. The van der Waals surface area contributed by atoms with E-state index in [9.17, 15) is 19.2 Å². The number of hydrogen-bond donors (Lipinski definition) is 2. The topological polar surface area (TPSA) is 98.8 Å². The van der Waals surface area contributed by atoms with Gasteiger partial charge in [0.2, 0.25) is 11.8 Å². The van der Waals surface area contributed by atoms with Gasteiger partial charge in [0.25, 0.3) is 5.91 Å². The van der Waals surface area contributed by atoms with E-state index in [4.69, 9.17) is 0 Å². The van der Waals surface area contributed by atoms with Crippen LogP contribution in [0.5, 0.6) is 0 Å². The van der Waals surface area contributed by atoms with Crippen molar-refractivity contribution in [1.29, 1.82) is 0 Å². The Morgan fingerprint density at radius 3 is 2.70 bits per heavy atom. The minimum Gasteiger partial charge on any atom is -0.324 e. The molecule has 1 spiro atoms. The van der Waals surface area contributed by atoms with Crippen LogP contribution >= 0.6 is 0 Å². The van der Waals surface area contributed by atoms with Crippen LogP contribution in [0.2, 0.25) is 0 Å². The van der Waals surface area contributed by atoms with Gasteiger partial charge >= 0.3 is 6.03 Å². The molecular formula is C22H28N4O4. The lowest BCUT2D eigenvalue weighted by Crippen LogP contribution is -2.49. The number of carbonyl (C=O) groups excluding carboxylic acids is 4. The summed E-state index contributed by atoms with van der Waals surface area (Å²) < 4.78 is 0. The molecule has 2 saturated heterocycles. The molecule has 160 valence electrons. The minimum absolute atomic E-state index is 0.0798. The molecule has 2 N–H and O–H groups in total. The van der Waals surface area contributed by atoms with Crippen molar-refractivity contribution in [1.82, 2.24) is 10.2 Å². The fraction of sp³-hybridized carbons (Fsp3) is 0.545. The van der Waals surface area contributed by atoms with E-state index in [1.165, 1.54) is 0 Å². The van der Waals surface area contributed by atoms with Crippen LogP contribution in [-0.2, 0) is 14.4 Å². The molecule has 1 saturated carbocycles. The molecule has 5 amide bonds. The summed E-state index contributed by atoms with van der Waals surface area (Å²) >= 11 is 0. The zero-order valence-electron chi connectivity index (χ0n) is 17.3. The number of anilines is 2.